The number of aliphatic hydroxyl groups is 1. The molecule has 1 rings (SSSR count). The molecule has 1 aliphatic rings. The lowest BCUT2D eigenvalue weighted by Crippen LogP contribution is -2.44. The molecule has 0 spiro atoms. The van der Waals surface area contributed by atoms with Crippen molar-refractivity contribution in [1.29, 1.82) is 0 Å². The van der Waals surface area contributed by atoms with Gasteiger partial charge in [-0.2, -0.15) is 0 Å². The number of rotatable bonds is 19. The average molecular weight is 426 g/mol. The number of piperidine rings is 1. The second-order valence-corrected chi connectivity index (χ2v) is 9.27. The van der Waals surface area contributed by atoms with Crippen molar-refractivity contribution < 1.29 is 14.6 Å². The SMILES string of the molecule is CCCCCCCCCCCCCCCCCCOC(=O)N1CCCCC1CCO. The van der Waals surface area contributed by atoms with Crippen molar-refractivity contribution in [3.05, 3.63) is 0 Å². The predicted octanol–water partition coefficient (Wildman–Crippen LogP) is 7.62. The number of unbranched alkanes of at least 4 members (excludes halogenated alkanes) is 15. The van der Waals surface area contributed by atoms with Gasteiger partial charge in [0, 0.05) is 19.2 Å². The van der Waals surface area contributed by atoms with Crippen molar-refractivity contribution in [3.63, 3.8) is 0 Å². The smallest absolute Gasteiger partial charge is 0.410 e. The molecule has 0 radical (unpaired) electrons. The fourth-order valence-corrected chi connectivity index (χ4v) is 4.58. The highest BCUT2D eigenvalue weighted by Crippen LogP contribution is 2.20. The molecule has 178 valence electrons. The molecule has 4 heteroatoms. The second kappa shape index (κ2) is 20.2. The minimum Gasteiger partial charge on any atom is -0.449 e. The number of hydrogen-bond acceptors (Lipinski definition) is 3. The number of hydrogen-bond donors (Lipinski definition) is 1. The first-order chi connectivity index (χ1) is 14.8. The van der Waals surface area contributed by atoms with Crippen LogP contribution in [0.4, 0.5) is 4.79 Å². The summed E-state index contributed by atoms with van der Waals surface area (Å²) in [4.78, 5) is 14.1. The van der Waals surface area contributed by atoms with Gasteiger partial charge in [-0.25, -0.2) is 4.79 Å². The molecule has 0 bridgehead atoms. The zero-order chi connectivity index (χ0) is 21.7. The second-order valence-electron chi connectivity index (χ2n) is 9.27. The third-order valence-corrected chi connectivity index (χ3v) is 6.55. The average Bonchev–Trinajstić information content (AvgIpc) is 2.76. The molecule has 1 amide bonds. The van der Waals surface area contributed by atoms with Gasteiger partial charge >= 0.3 is 6.09 Å². The van der Waals surface area contributed by atoms with Crippen molar-refractivity contribution in [2.24, 2.45) is 0 Å². The van der Waals surface area contributed by atoms with E-state index in [0.717, 1.165) is 38.6 Å². The van der Waals surface area contributed by atoms with Crippen LogP contribution in [-0.2, 0) is 4.74 Å². The first kappa shape index (κ1) is 27.3. The van der Waals surface area contributed by atoms with E-state index in [9.17, 15) is 9.90 Å². The number of amides is 1. The molecule has 1 N–H and O–H groups in total. The summed E-state index contributed by atoms with van der Waals surface area (Å²) >= 11 is 0. The van der Waals surface area contributed by atoms with Crippen molar-refractivity contribution in [2.75, 3.05) is 19.8 Å². The standard InChI is InChI=1S/C26H51NO3/c1-2-3-4-5-6-7-8-9-10-11-12-13-14-15-16-19-24-30-26(29)27-22-18-17-20-25(27)21-23-28/h25,28H,2-24H2,1H3. The minimum atomic E-state index is -0.172. The van der Waals surface area contributed by atoms with Gasteiger partial charge in [0.2, 0.25) is 0 Å². The molecule has 1 fully saturated rings. The van der Waals surface area contributed by atoms with E-state index in [1.165, 1.54) is 89.9 Å². The van der Waals surface area contributed by atoms with Crippen LogP contribution in [0.25, 0.3) is 0 Å². The molecule has 1 unspecified atom stereocenters. The number of carbonyl (C=O) groups is 1. The maximum atomic E-state index is 12.3. The summed E-state index contributed by atoms with van der Waals surface area (Å²) in [6.07, 6.45) is 25.3. The molecule has 0 aromatic rings. The number of likely N-dealkylation sites (tertiary alicyclic amines) is 1. The van der Waals surface area contributed by atoms with Crippen LogP contribution in [0, 0.1) is 0 Å². The Hall–Kier alpha value is -0.770. The molecular weight excluding hydrogens is 374 g/mol. The third kappa shape index (κ3) is 14.3. The number of aliphatic hydroxyl groups excluding tert-OH is 1. The van der Waals surface area contributed by atoms with Crippen LogP contribution < -0.4 is 0 Å². The van der Waals surface area contributed by atoms with Crippen molar-refractivity contribution in [2.45, 2.75) is 141 Å². The molecule has 0 saturated carbocycles. The van der Waals surface area contributed by atoms with E-state index >= 15 is 0 Å². The zero-order valence-corrected chi connectivity index (χ0v) is 20.1. The van der Waals surface area contributed by atoms with Gasteiger partial charge in [0.1, 0.15) is 0 Å². The van der Waals surface area contributed by atoms with E-state index in [4.69, 9.17) is 4.74 Å². The minimum absolute atomic E-state index is 0.146. The fourth-order valence-electron chi connectivity index (χ4n) is 4.58. The highest BCUT2D eigenvalue weighted by molar-refractivity contribution is 5.68. The zero-order valence-electron chi connectivity index (χ0n) is 20.1. The Bertz CT molecular complexity index is 386. The fraction of sp³-hybridized carbons (Fsp3) is 0.962. The first-order valence-electron chi connectivity index (χ1n) is 13.3. The van der Waals surface area contributed by atoms with E-state index in [1.54, 1.807) is 0 Å². The summed E-state index contributed by atoms with van der Waals surface area (Å²) in [6, 6.07) is 0.169. The van der Waals surface area contributed by atoms with Gasteiger partial charge in [0.05, 0.1) is 6.61 Å². The largest absolute Gasteiger partial charge is 0.449 e. The molecule has 1 atom stereocenters. The van der Waals surface area contributed by atoms with Gasteiger partial charge in [0.15, 0.2) is 0 Å². The van der Waals surface area contributed by atoms with Crippen molar-refractivity contribution in [3.8, 4) is 0 Å². The summed E-state index contributed by atoms with van der Waals surface area (Å²) in [5, 5.41) is 9.17. The van der Waals surface area contributed by atoms with E-state index in [0.29, 0.717) is 13.0 Å². The summed E-state index contributed by atoms with van der Waals surface area (Å²) in [5.74, 6) is 0. The van der Waals surface area contributed by atoms with E-state index in [2.05, 4.69) is 6.92 Å². The monoisotopic (exact) mass is 425 g/mol. The summed E-state index contributed by atoms with van der Waals surface area (Å²) in [6.45, 7) is 3.75. The quantitative estimate of drug-likeness (QED) is 0.216. The van der Waals surface area contributed by atoms with Crippen LogP contribution in [0.3, 0.4) is 0 Å². The maximum Gasteiger partial charge on any atom is 0.410 e. The molecule has 4 nitrogen and oxygen atoms in total. The lowest BCUT2D eigenvalue weighted by atomic mass is 10.0. The Labute approximate surface area is 187 Å². The lowest BCUT2D eigenvalue weighted by molar-refractivity contribution is 0.0647. The summed E-state index contributed by atoms with van der Waals surface area (Å²) in [7, 11) is 0. The summed E-state index contributed by atoms with van der Waals surface area (Å²) < 4.78 is 5.48. The normalized spacial score (nSPS) is 16.7. The topological polar surface area (TPSA) is 49.8 Å². The Morgan fingerprint density at radius 3 is 1.80 bits per heavy atom. The third-order valence-electron chi connectivity index (χ3n) is 6.55. The van der Waals surface area contributed by atoms with Gasteiger partial charge in [-0.15, -0.1) is 0 Å². The van der Waals surface area contributed by atoms with Gasteiger partial charge in [0.25, 0.3) is 0 Å². The Balaban J connectivity index is 1.82. The molecule has 1 saturated heterocycles. The Morgan fingerprint density at radius 1 is 0.800 bits per heavy atom. The number of nitrogens with zero attached hydrogens (tertiary/aromatic N) is 1. The van der Waals surface area contributed by atoms with Crippen LogP contribution in [0.15, 0.2) is 0 Å². The molecule has 30 heavy (non-hydrogen) atoms. The Morgan fingerprint density at radius 2 is 1.30 bits per heavy atom. The van der Waals surface area contributed by atoms with E-state index in [-0.39, 0.29) is 18.7 Å². The lowest BCUT2D eigenvalue weighted by Gasteiger charge is -2.34. The van der Waals surface area contributed by atoms with Gasteiger partial charge in [-0.3, -0.25) is 0 Å². The molecular formula is C26H51NO3. The molecule has 1 aliphatic heterocycles. The van der Waals surface area contributed by atoms with Crippen LogP contribution >= 0.6 is 0 Å². The predicted molar refractivity (Wildman–Crippen MR) is 127 cm³/mol. The molecule has 0 aromatic heterocycles. The van der Waals surface area contributed by atoms with Crippen LogP contribution in [0.1, 0.15) is 135 Å². The molecule has 0 aromatic carbocycles. The van der Waals surface area contributed by atoms with Gasteiger partial charge in [-0.1, -0.05) is 103 Å². The highest BCUT2D eigenvalue weighted by Gasteiger charge is 2.27. The van der Waals surface area contributed by atoms with Crippen molar-refractivity contribution in [1.82, 2.24) is 4.90 Å². The molecule has 1 heterocycles. The van der Waals surface area contributed by atoms with E-state index in [1.807, 2.05) is 4.90 Å². The maximum absolute atomic E-state index is 12.3. The van der Waals surface area contributed by atoms with Crippen LogP contribution in [0.2, 0.25) is 0 Å². The number of ether oxygens (including phenoxy) is 1. The van der Waals surface area contributed by atoms with Crippen LogP contribution in [0.5, 0.6) is 0 Å². The Kier molecular flexibility index (Phi) is 18.3. The number of carbonyl (C=O) groups excluding carboxylic acids is 1. The van der Waals surface area contributed by atoms with Crippen molar-refractivity contribution >= 4 is 6.09 Å². The summed E-state index contributed by atoms with van der Waals surface area (Å²) in [5.41, 5.74) is 0. The van der Waals surface area contributed by atoms with Gasteiger partial charge < -0.3 is 14.7 Å². The first-order valence-corrected chi connectivity index (χ1v) is 13.3. The van der Waals surface area contributed by atoms with Gasteiger partial charge in [-0.05, 0) is 32.1 Å². The van der Waals surface area contributed by atoms with E-state index < -0.39 is 0 Å². The molecule has 0 aliphatic carbocycles. The van der Waals surface area contributed by atoms with Crippen LogP contribution in [-0.4, -0.2) is 41.9 Å². The highest BCUT2D eigenvalue weighted by atomic mass is 16.6.